The van der Waals surface area contributed by atoms with Gasteiger partial charge in [-0.1, -0.05) is 72.4 Å². The highest BCUT2D eigenvalue weighted by atomic mass is 32.2. The second-order valence-electron chi connectivity index (χ2n) is 8.29. The van der Waals surface area contributed by atoms with Crippen molar-refractivity contribution in [2.24, 2.45) is 0 Å². The summed E-state index contributed by atoms with van der Waals surface area (Å²) in [5.41, 5.74) is 4.59. The van der Waals surface area contributed by atoms with Gasteiger partial charge in [0.15, 0.2) is 5.76 Å². The minimum Gasteiger partial charge on any atom is -0.431 e. The predicted molar refractivity (Wildman–Crippen MR) is 141 cm³/mol. The standard InChI is InChI=1S/C28H27N3O3S/c1-20(27(32)29-23-12-14-24(15-13-23)31-16-18-33-19-17-31)35-28-30-25(21-8-4-2-5-9-21)26(34-28)22-10-6-3-7-11-22/h2-15,20H,16-19H2,1H3,(H,29,32). The zero-order valence-corrected chi connectivity index (χ0v) is 20.3. The predicted octanol–water partition coefficient (Wildman–Crippen LogP) is 5.96. The van der Waals surface area contributed by atoms with Crippen LogP contribution in [0.2, 0.25) is 0 Å². The summed E-state index contributed by atoms with van der Waals surface area (Å²) in [5, 5.41) is 3.08. The number of morpholine rings is 1. The van der Waals surface area contributed by atoms with E-state index in [4.69, 9.17) is 14.1 Å². The highest BCUT2D eigenvalue weighted by Gasteiger charge is 2.22. The second kappa shape index (κ2) is 10.8. The Kier molecular flexibility index (Phi) is 7.16. The molecule has 1 saturated heterocycles. The Balaban J connectivity index is 1.29. The highest BCUT2D eigenvalue weighted by molar-refractivity contribution is 8.00. The highest BCUT2D eigenvalue weighted by Crippen LogP contribution is 2.36. The number of hydrogen-bond donors (Lipinski definition) is 1. The first-order chi connectivity index (χ1) is 17.2. The number of oxazole rings is 1. The number of aromatic nitrogens is 1. The molecule has 1 fully saturated rings. The van der Waals surface area contributed by atoms with E-state index < -0.39 is 0 Å². The first-order valence-electron chi connectivity index (χ1n) is 11.7. The molecule has 0 radical (unpaired) electrons. The van der Waals surface area contributed by atoms with Crippen molar-refractivity contribution >= 4 is 29.0 Å². The van der Waals surface area contributed by atoms with Gasteiger partial charge in [0, 0.05) is 35.6 Å². The van der Waals surface area contributed by atoms with E-state index in [-0.39, 0.29) is 11.2 Å². The van der Waals surface area contributed by atoms with Crippen molar-refractivity contribution < 1.29 is 13.9 Å². The van der Waals surface area contributed by atoms with Gasteiger partial charge in [-0.15, -0.1) is 0 Å². The Morgan fingerprint density at radius 1 is 0.914 bits per heavy atom. The van der Waals surface area contributed by atoms with Gasteiger partial charge >= 0.3 is 0 Å². The SMILES string of the molecule is CC(Sc1nc(-c2ccccc2)c(-c2ccccc2)o1)C(=O)Nc1ccc(N2CCOCC2)cc1. The summed E-state index contributed by atoms with van der Waals surface area (Å²) < 4.78 is 11.6. The van der Waals surface area contributed by atoms with E-state index in [0.29, 0.717) is 11.0 Å². The van der Waals surface area contributed by atoms with Gasteiger partial charge in [0.1, 0.15) is 5.69 Å². The van der Waals surface area contributed by atoms with E-state index in [1.165, 1.54) is 11.8 Å². The van der Waals surface area contributed by atoms with Gasteiger partial charge in [-0.05, 0) is 31.2 Å². The molecule has 1 aliphatic heterocycles. The van der Waals surface area contributed by atoms with E-state index >= 15 is 0 Å². The van der Waals surface area contributed by atoms with Crippen molar-refractivity contribution in [1.29, 1.82) is 0 Å². The molecule has 1 unspecified atom stereocenters. The number of hydrogen-bond acceptors (Lipinski definition) is 6. The molecule has 35 heavy (non-hydrogen) atoms. The zero-order valence-electron chi connectivity index (χ0n) is 19.5. The molecular weight excluding hydrogens is 458 g/mol. The molecule has 3 aromatic carbocycles. The minimum atomic E-state index is -0.389. The number of benzene rings is 3. The molecule has 0 spiro atoms. The third-order valence-electron chi connectivity index (χ3n) is 5.85. The summed E-state index contributed by atoms with van der Waals surface area (Å²) in [5.74, 6) is 0.598. The summed E-state index contributed by atoms with van der Waals surface area (Å²) >= 11 is 1.31. The van der Waals surface area contributed by atoms with Crippen LogP contribution in [0.3, 0.4) is 0 Å². The summed E-state index contributed by atoms with van der Waals surface area (Å²) in [6.07, 6.45) is 0. The number of anilines is 2. The van der Waals surface area contributed by atoms with Crippen LogP contribution in [0.4, 0.5) is 11.4 Å². The summed E-state index contributed by atoms with van der Waals surface area (Å²) in [6, 6.07) is 27.8. The average Bonchev–Trinajstić information content (AvgIpc) is 3.34. The molecule has 1 atom stereocenters. The van der Waals surface area contributed by atoms with Crippen molar-refractivity contribution in [3.05, 3.63) is 84.9 Å². The minimum absolute atomic E-state index is 0.102. The van der Waals surface area contributed by atoms with E-state index in [1.807, 2.05) is 91.9 Å². The van der Waals surface area contributed by atoms with Crippen molar-refractivity contribution in [1.82, 2.24) is 4.98 Å². The number of carbonyl (C=O) groups excluding carboxylic acids is 1. The van der Waals surface area contributed by atoms with E-state index in [1.54, 1.807) is 0 Å². The van der Waals surface area contributed by atoms with Crippen molar-refractivity contribution in [2.45, 2.75) is 17.4 Å². The largest absolute Gasteiger partial charge is 0.431 e. The lowest BCUT2D eigenvalue weighted by Gasteiger charge is -2.28. The molecule has 0 aliphatic carbocycles. The van der Waals surface area contributed by atoms with Crippen LogP contribution in [0.15, 0.2) is 94.6 Å². The molecule has 2 heterocycles. The lowest BCUT2D eigenvalue weighted by atomic mass is 10.1. The molecule has 0 saturated carbocycles. The second-order valence-corrected chi connectivity index (χ2v) is 9.58. The van der Waals surface area contributed by atoms with Gasteiger partial charge in [0.05, 0.1) is 18.5 Å². The van der Waals surface area contributed by atoms with Crippen LogP contribution < -0.4 is 10.2 Å². The Morgan fingerprint density at radius 3 is 2.20 bits per heavy atom. The number of rotatable bonds is 7. The molecule has 7 heteroatoms. The summed E-state index contributed by atoms with van der Waals surface area (Å²) in [6.45, 7) is 5.10. The first kappa shape index (κ1) is 23.2. The Bertz CT molecular complexity index is 1200. The molecule has 5 rings (SSSR count). The average molecular weight is 486 g/mol. The third-order valence-corrected chi connectivity index (χ3v) is 6.79. The quantitative estimate of drug-likeness (QED) is 0.326. The van der Waals surface area contributed by atoms with Gasteiger partial charge in [0.2, 0.25) is 5.91 Å². The van der Waals surface area contributed by atoms with Gasteiger partial charge in [0.25, 0.3) is 5.22 Å². The molecule has 1 aliphatic rings. The van der Waals surface area contributed by atoms with Crippen LogP contribution >= 0.6 is 11.8 Å². The number of ether oxygens (including phenoxy) is 1. The van der Waals surface area contributed by atoms with Crippen molar-refractivity contribution in [3.8, 4) is 22.6 Å². The summed E-state index contributed by atoms with van der Waals surface area (Å²) in [7, 11) is 0. The number of thioether (sulfide) groups is 1. The maximum atomic E-state index is 12.9. The zero-order chi connectivity index (χ0) is 24.0. The third kappa shape index (κ3) is 5.58. The van der Waals surface area contributed by atoms with Gasteiger partial charge < -0.3 is 19.4 Å². The molecule has 1 amide bonds. The normalized spacial score (nSPS) is 14.5. The molecule has 0 bridgehead atoms. The van der Waals surface area contributed by atoms with Gasteiger partial charge in [-0.2, -0.15) is 0 Å². The van der Waals surface area contributed by atoms with E-state index in [9.17, 15) is 4.79 Å². The number of carbonyl (C=O) groups is 1. The molecule has 178 valence electrons. The van der Waals surface area contributed by atoms with Gasteiger partial charge in [-0.3, -0.25) is 4.79 Å². The smallest absolute Gasteiger partial charge is 0.257 e. The lowest BCUT2D eigenvalue weighted by molar-refractivity contribution is -0.115. The molecule has 1 aromatic heterocycles. The Hall–Kier alpha value is -3.55. The molecular formula is C28H27N3O3S. The van der Waals surface area contributed by atoms with Crippen LogP contribution in [-0.4, -0.2) is 42.4 Å². The molecule has 1 N–H and O–H groups in total. The summed E-state index contributed by atoms with van der Waals surface area (Å²) in [4.78, 5) is 19.9. The fourth-order valence-corrected chi connectivity index (χ4v) is 4.70. The van der Waals surface area contributed by atoms with E-state index in [2.05, 4.69) is 10.2 Å². The Morgan fingerprint density at radius 2 is 1.54 bits per heavy atom. The lowest BCUT2D eigenvalue weighted by Crippen LogP contribution is -2.36. The topological polar surface area (TPSA) is 67.6 Å². The van der Waals surface area contributed by atoms with Gasteiger partial charge in [-0.25, -0.2) is 4.98 Å². The van der Waals surface area contributed by atoms with Crippen molar-refractivity contribution in [3.63, 3.8) is 0 Å². The number of amides is 1. The fraction of sp³-hybridized carbons (Fsp3) is 0.214. The van der Waals surface area contributed by atoms with Crippen LogP contribution in [0, 0.1) is 0 Å². The molecule has 4 aromatic rings. The van der Waals surface area contributed by atoms with Crippen molar-refractivity contribution in [2.75, 3.05) is 36.5 Å². The van der Waals surface area contributed by atoms with E-state index in [0.717, 1.165) is 54.5 Å². The van der Waals surface area contributed by atoms with Crippen LogP contribution in [0.5, 0.6) is 0 Å². The monoisotopic (exact) mass is 485 g/mol. The first-order valence-corrected chi connectivity index (χ1v) is 12.6. The van der Waals surface area contributed by atoms with Crippen LogP contribution in [0.25, 0.3) is 22.6 Å². The fourth-order valence-electron chi connectivity index (χ4n) is 3.95. The van der Waals surface area contributed by atoms with Crippen LogP contribution in [0.1, 0.15) is 6.92 Å². The number of nitrogens with one attached hydrogen (secondary N) is 1. The maximum absolute atomic E-state index is 12.9. The number of nitrogens with zero attached hydrogens (tertiary/aromatic N) is 2. The maximum Gasteiger partial charge on any atom is 0.257 e. The Labute approximate surface area is 209 Å². The van der Waals surface area contributed by atoms with Crippen LogP contribution in [-0.2, 0) is 9.53 Å². The molecule has 6 nitrogen and oxygen atoms in total.